The number of carbonyl (C=O) groups excluding carboxylic acids is 2. The van der Waals surface area contributed by atoms with Crippen LogP contribution in [0.4, 0.5) is 0 Å². The highest BCUT2D eigenvalue weighted by atomic mass is 79.9. The Labute approximate surface area is 90.7 Å². The first-order valence-electron chi connectivity index (χ1n) is 4.40. The Kier molecular flexibility index (Phi) is 4.34. The molecule has 0 aromatic rings. The van der Waals surface area contributed by atoms with Gasteiger partial charge in [0.25, 0.3) is 0 Å². The summed E-state index contributed by atoms with van der Waals surface area (Å²) in [6.07, 6.45) is 0.828. The van der Waals surface area contributed by atoms with Gasteiger partial charge in [0, 0.05) is 13.1 Å². The average Bonchev–Trinajstić information content (AvgIpc) is 2.43. The van der Waals surface area contributed by atoms with E-state index in [4.69, 9.17) is 10.5 Å². The second kappa shape index (κ2) is 5.31. The van der Waals surface area contributed by atoms with E-state index in [0.29, 0.717) is 13.2 Å². The van der Waals surface area contributed by atoms with Crippen molar-refractivity contribution in [2.45, 2.75) is 11.2 Å². The van der Waals surface area contributed by atoms with E-state index >= 15 is 0 Å². The molecule has 1 aliphatic heterocycles. The minimum absolute atomic E-state index is 0.0568. The van der Waals surface area contributed by atoms with Crippen molar-refractivity contribution in [3.8, 4) is 0 Å². The van der Waals surface area contributed by atoms with Crippen molar-refractivity contribution in [1.82, 2.24) is 4.90 Å². The van der Waals surface area contributed by atoms with E-state index in [1.807, 2.05) is 0 Å². The molecule has 1 fully saturated rings. The zero-order valence-electron chi connectivity index (χ0n) is 7.74. The SMILES string of the molecule is NC(=O)COCCN1CCC(Br)C1=O. The quantitative estimate of drug-likeness (QED) is 0.537. The molecule has 1 rings (SSSR count). The molecule has 0 aromatic heterocycles. The molecule has 0 bridgehead atoms. The number of nitrogens with zero attached hydrogens (tertiary/aromatic N) is 1. The molecule has 2 N–H and O–H groups in total. The van der Waals surface area contributed by atoms with Crippen LogP contribution in [-0.2, 0) is 14.3 Å². The lowest BCUT2D eigenvalue weighted by molar-refractivity contribution is -0.128. The van der Waals surface area contributed by atoms with Crippen molar-refractivity contribution < 1.29 is 14.3 Å². The maximum atomic E-state index is 11.4. The van der Waals surface area contributed by atoms with Crippen LogP contribution in [0.1, 0.15) is 6.42 Å². The summed E-state index contributed by atoms with van der Waals surface area (Å²) >= 11 is 3.27. The Balaban J connectivity index is 2.13. The number of halogens is 1. The van der Waals surface area contributed by atoms with Crippen LogP contribution in [0, 0.1) is 0 Å². The molecular weight excluding hydrogens is 252 g/mol. The van der Waals surface area contributed by atoms with Crippen molar-refractivity contribution in [1.29, 1.82) is 0 Å². The zero-order valence-corrected chi connectivity index (χ0v) is 9.33. The monoisotopic (exact) mass is 264 g/mol. The van der Waals surface area contributed by atoms with Crippen molar-refractivity contribution in [3.05, 3.63) is 0 Å². The normalized spacial score (nSPS) is 21.6. The third-order valence-corrected chi connectivity index (χ3v) is 2.83. The number of ether oxygens (including phenoxy) is 1. The molecule has 1 aliphatic rings. The number of amides is 2. The predicted octanol–water partition coefficient (Wildman–Crippen LogP) is -0.516. The molecule has 1 heterocycles. The minimum atomic E-state index is -0.490. The van der Waals surface area contributed by atoms with Crippen LogP contribution in [0.5, 0.6) is 0 Å². The second-order valence-electron chi connectivity index (χ2n) is 3.10. The van der Waals surface area contributed by atoms with Gasteiger partial charge in [-0.25, -0.2) is 0 Å². The fourth-order valence-electron chi connectivity index (χ4n) is 1.27. The highest BCUT2D eigenvalue weighted by Gasteiger charge is 2.28. The van der Waals surface area contributed by atoms with Gasteiger partial charge in [0.1, 0.15) is 6.61 Å². The molecule has 2 amide bonds. The van der Waals surface area contributed by atoms with Gasteiger partial charge in [-0.3, -0.25) is 9.59 Å². The maximum absolute atomic E-state index is 11.4. The maximum Gasteiger partial charge on any atom is 0.243 e. The Morgan fingerprint density at radius 3 is 2.93 bits per heavy atom. The van der Waals surface area contributed by atoms with Gasteiger partial charge in [-0.05, 0) is 6.42 Å². The summed E-state index contributed by atoms with van der Waals surface area (Å²) in [6.45, 7) is 1.54. The smallest absolute Gasteiger partial charge is 0.243 e. The van der Waals surface area contributed by atoms with Gasteiger partial charge in [-0.2, -0.15) is 0 Å². The van der Waals surface area contributed by atoms with Gasteiger partial charge in [0.05, 0.1) is 11.4 Å². The first kappa shape index (κ1) is 11.5. The summed E-state index contributed by atoms with van der Waals surface area (Å²) < 4.78 is 4.96. The fourth-order valence-corrected chi connectivity index (χ4v) is 1.76. The van der Waals surface area contributed by atoms with E-state index in [9.17, 15) is 9.59 Å². The van der Waals surface area contributed by atoms with Crippen LogP contribution in [-0.4, -0.2) is 47.8 Å². The van der Waals surface area contributed by atoms with Crippen molar-refractivity contribution in [2.75, 3.05) is 26.3 Å². The Morgan fingerprint density at radius 2 is 2.43 bits per heavy atom. The number of alkyl halides is 1. The van der Waals surface area contributed by atoms with Crippen LogP contribution in [0.2, 0.25) is 0 Å². The molecule has 1 unspecified atom stereocenters. The molecule has 80 valence electrons. The highest BCUT2D eigenvalue weighted by molar-refractivity contribution is 9.10. The molecular formula is C8H13BrN2O3. The molecule has 0 aromatic carbocycles. The van der Waals surface area contributed by atoms with Crippen molar-refractivity contribution in [2.24, 2.45) is 5.73 Å². The standard InChI is InChI=1S/C8H13BrN2O3/c9-6-1-2-11(8(6)13)3-4-14-5-7(10)12/h6H,1-5H2,(H2,10,12). The molecule has 6 heteroatoms. The van der Waals surface area contributed by atoms with E-state index in [-0.39, 0.29) is 17.3 Å². The third kappa shape index (κ3) is 3.26. The van der Waals surface area contributed by atoms with Crippen LogP contribution in [0.15, 0.2) is 0 Å². The summed E-state index contributed by atoms with van der Waals surface area (Å²) in [7, 11) is 0. The van der Waals surface area contributed by atoms with E-state index in [0.717, 1.165) is 13.0 Å². The van der Waals surface area contributed by atoms with Crippen molar-refractivity contribution >= 4 is 27.7 Å². The number of nitrogens with two attached hydrogens (primary N) is 1. The van der Waals surface area contributed by atoms with Crippen LogP contribution < -0.4 is 5.73 Å². The zero-order chi connectivity index (χ0) is 10.6. The number of rotatable bonds is 5. The highest BCUT2D eigenvalue weighted by Crippen LogP contribution is 2.17. The van der Waals surface area contributed by atoms with Crippen LogP contribution in [0.25, 0.3) is 0 Å². The lowest BCUT2D eigenvalue weighted by Gasteiger charge is -2.15. The summed E-state index contributed by atoms with van der Waals surface area (Å²) in [5.74, 6) is -0.399. The molecule has 0 radical (unpaired) electrons. The largest absolute Gasteiger partial charge is 0.370 e. The Bertz CT molecular complexity index is 235. The predicted molar refractivity (Wildman–Crippen MR) is 53.9 cm³/mol. The molecule has 0 aliphatic carbocycles. The van der Waals surface area contributed by atoms with E-state index in [1.165, 1.54) is 0 Å². The number of hydrogen-bond acceptors (Lipinski definition) is 3. The van der Waals surface area contributed by atoms with Gasteiger partial charge in [0.15, 0.2) is 0 Å². The summed E-state index contributed by atoms with van der Waals surface area (Å²) in [4.78, 5) is 23.3. The van der Waals surface area contributed by atoms with E-state index in [1.54, 1.807) is 4.90 Å². The third-order valence-electron chi connectivity index (χ3n) is 1.98. The minimum Gasteiger partial charge on any atom is -0.370 e. The van der Waals surface area contributed by atoms with Gasteiger partial charge >= 0.3 is 0 Å². The number of primary amides is 1. The Hall–Kier alpha value is -0.620. The lowest BCUT2D eigenvalue weighted by atomic mass is 10.4. The van der Waals surface area contributed by atoms with Crippen LogP contribution in [0.3, 0.4) is 0 Å². The van der Waals surface area contributed by atoms with E-state index < -0.39 is 5.91 Å². The topological polar surface area (TPSA) is 72.6 Å². The number of likely N-dealkylation sites (tertiary alicyclic amines) is 1. The summed E-state index contributed by atoms with van der Waals surface area (Å²) in [5, 5.41) is 0. The molecule has 1 saturated heterocycles. The van der Waals surface area contributed by atoms with Gasteiger partial charge in [-0.15, -0.1) is 0 Å². The first-order valence-corrected chi connectivity index (χ1v) is 5.31. The Morgan fingerprint density at radius 1 is 1.71 bits per heavy atom. The van der Waals surface area contributed by atoms with Gasteiger partial charge in [0.2, 0.25) is 11.8 Å². The number of hydrogen-bond donors (Lipinski definition) is 1. The van der Waals surface area contributed by atoms with Crippen LogP contribution >= 0.6 is 15.9 Å². The van der Waals surface area contributed by atoms with Gasteiger partial charge < -0.3 is 15.4 Å². The molecule has 5 nitrogen and oxygen atoms in total. The first-order chi connectivity index (χ1) is 6.61. The lowest BCUT2D eigenvalue weighted by Crippen LogP contribution is -2.31. The molecule has 14 heavy (non-hydrogen) atoms. The van der Waals surface area contributed by atoms with E-state index in [2.05, 4.69) is 15.9 Å². The molecule has 1 atom stereocenters. The summed E-state index contributed by atoms with van der Waals surface area (Å²) in [6, 6.07) is 0. The molecule has 0 saturated carbocycles. The average molecular weight is 265 g/mol. The fraction of sp³-hybridized carbons (Fsp3) is 0.750. The van der Waals surface area contributed by atoms with Crippen molar-refractivity contribution in [3.63, 3.8) is 0 Å². The molecule has 0 spiro atoms. The second-order valence-corrected chi connectivity index (χ2v) is 4.21. The summed E-state index contributed by atoms with van der Waals surface area (Å²) in [5.41, 5.74) is 4.88. The van der Waals surface area contributed by atoms with Gasteiger partial charge in [-0.1, -0.05) is 15.9 Å². The number of carbonyl (C=O) groups is 2.